The van der Waals surface area contributed by atoms with Gasteiger partial charge in [0.05, 0.1) is 17.7 Å². The highest BCUT2D eigenvalue weighted by atomic mass is 32.2. The van der Waals surface area contributed by atoms with Crippen LogP contribution in [0.15, 0.2) is 52.0 Å². The Morgan fingerprint density at radius 1 is 1.30 bits per heavy atom. The minimum absolute atomic E-state index is 0.236. The van der Waals surface area contributed by atoms with Gasteiger partial charge in [-0.25, -0.2) is 8.42 Å². The van der Waals surface area contributed by atoms with E-state index in [1.807, 2.05) is 12.1 Å². The number of rotatable bonds is 7. The van der Waals surface area contributed by atoms with Gasteiger partial charge in [0.25, 0.3) is 0 Å². The number of hydrogen-bond acceptors (Lipinski definition) is 4. The fourth-order valence-electron chi connectivity index (χ4n) is 3.33. The zero-order chi connectivity index (χ0) is 19.4. The average Bonchev–Trinajstić information content (AvgIpc) is 3.37. The smallest absolute Gasteiger partial charge is 0.243 e. The standard InChI is InChI=1S/C20H26N2O4S/c1-3-15(2)16-8-10-18(11-9-16)27(24,25)22-12-4-7-19(22)20(23)21-14-17-6-5-13-26-17/h5-6,8-11,13,15,19H,3-4,7,12,14H2,1-2H3,(H,21,23)/t15-,19-/m1/s1. The molecule has 1 aliphatic rings. The van der Waals surface area contributed by atoms with E-state index >= 15 is 0 Å². The molecule has 0 unspecified atom stereocenters. The Morgan fingerprint density at radius 3 is 2.67 bits per heavy atom. The van der Waals surface area contributed by atoms with E-state index in [1.54, 1.807) is 24.3 Å². The molecule has 7 heteroatoms. The van der Waals surface area contributed by atoms with Gasteiger partial charge in [-0.1, -0.05) is 26.0 Å². The maximum absolute atomic E-state index is 13.1. The van der Waals surface area contributed by atoms with Crippen LogP contribution in [0.5, 0.6) is 0 Å². The highest BCUT2D eigenvalue weighted by Crippen LogP contribution is 2.28. The molecule has 1 amide bonds. The van der Waals surface area contributed by atoms with Gasteiger partial charge < -0.3 is 9.73 Å². The number of amides is 1. The van der Waals surface area contributed by atoms with Crippen molar-refractivity contribution in [3.8, 4) is 0 Å². The van der Waals surface area contributed by atoms with Crippen LogP contribution in [0.3, 0.4) is 0 Å². The van der Waals surface area contributed by atoms with E-state index < -0.39 is 16.1 Å². The molecule has 1 N–H and O–H groups in total. The average molecular weight is 391 g/mol. The fourth-order valence-corrected chi connectivity index (χ4v) is 4.99. The molecule has 1 aromatic heterocycles. The van der Waals surface area contributed by atoms with Gasteiger partial charge in [-0.05, 0) is 55.0 Å². The normalized spacial score (nSPS) is 19.1. The molecule has 27 heavy (non-hydrogen) atoms. The molecule has 0 saturated carbocycles. The lowest BCUT2D eigenvalue weighted by atomic mass is 9.99. The third kappa shape index (κ3) is 4.25. The van der Waals surface area contributed by atoms with E-state index in [2.05, 4.69) is 19.2 Å². The van der Waals surface area contributed by atoms with Crippen LogP contribution in [0.1, 0.15) is 50.4 Å². The molecule has 0 bridgehead atoms. The number of sulfonamides is 1. The molecule has 1 fully saturated rings. The third-order valence-corrected chi connectivity index (χ3v) is 7.11. The summed E-state index contributed by atoms with van der Waals surface area (Å²) in [6, 6.07) is 9.85. The van der Waals surface area contributed by atoms with Crippen LogP contribution < -0.4 is 5.32 Å². The highest BCUT2D eigenvalue weighted by Gasteiger charge is 2.39. The van der Waals surface area contributed by atoms with Gasteiger partial charge in [-0.3, -0.25) is 4.79 Å². The summed E-state index contributed by atoms with van der Waals surface area (Å²) in [4.78, 5) is 12.8. The van der Waals surface area contributed by atoms with Crippen molar-refractivity contribution in [2.45, 2.75) is 56.5 Å². The third-order valence-electron chi connectivity index (χ3n) is 5.19. The van der Waals surface area contributed by atoms with Crippen LogP contribution in [-0.2, 0) is 21.4 Å². The SMILES string of the molecule is CC[C@@H](C)c1ccc(S(=O)(=O)N2CCC[C@@H]2C(=O)NCc2ccco2)cc1. The lowest BCUT2D eigenvalue weighted by molar-refractivity contribution is -0.124. The van der Waals surface area contributed by atoms with Crippen LogP contribution in [0, 0.1) is 0 Å². The van der Waals surface area contributed by atoms with Crippen molar-refractivity contribution in [3.63, 3.8) is 0 Å². The van der Waals surface area contributed by atoms with Crippen molar-refractivity contribution in [1.29, 1.82) is 0 Å². The van der Waals surface area contributed by atoms with E-state index in [4.69, 9.17) is 4.42 Å². The Hall–Kier alpha value is -2.12. The highest BCUT2D eigenvalue weighted by molar-refractivity contribution is 7.89. The second-order valence-corrected chi connectivity index (χ2v) is 8.84. The summed E-state index contributed by atoms with van der Waals surface area (Å²) in [6.07, 6.45) is 3.73. The summed E-state index contributed by atoms with van der Waals surface area (Å²) in [5.74, 6) is 0.730. The summed E-state index contributed by atoms with van der Waals surface area (Å²) in [7, 11) is -3.71. The van der Waals surface area contributed by atoms with Gasteiger partial charge in [0, 0.05) is 6.54 Å². The molecule has 0 aliphatic carbocycles. The summed E-state index contributed by atoms with van der Waals surface area (Å²) in [5, 5.41) is 2.77. The quantitative estimate of drug-likeness (QED) is 0.787. The molecular weight excluding hydrogens is 364 g/mol. The minimum Gasteiger partial charge on any atom is -0.467 e. The molecule has 1 aliphatic heterocycles. The molecule has 3 rings (SSSR count). The Bertz CT molecular complexity index is 860. The first kappa shape index (κ1) is 19.6. The molecular formula is C20H26N2O4S. The topological polar surface area (TPSA) is 79.6 Å². The summed E-state index contributed by atoms with van der Waals surface area (Å²) in [6.45, 7) is 4.82. The number of benzene rings is 1. The van der Waals surface area contributed by atoms with Crippen molar-refractivity contribution >= 4 is 15.9 Å². The lowest BCUT2D eigenvalue weighted by Crippen LogP contribution is -2.45. The molecule has 2 heterocycles. The van der Waals surface area contributed by atoms with Crippen LogP contribution >= 0.6 is 0 Å². The Balaban J connectivity index is 1.73. The second kappa shape index (κ2) is 8.27. The Kier molecular flexibility index (Phi) is 6.01. The first-order valence-corrected chi connectivity index (χ1v) is 10.8. The van der Waals surface area contributed by atoms with Crippen molar-refractivity contribution in [3.05, 3.63) is 54.0 Å². The van der Waals surface area contributed by atoms with Crippen LogP contribution in [0.25, 0.3) is 0 Å². The van der Waals surface area contributed by atoms with Crippen LogP contribution in [0.2, 0.25) is 0 Å². The second-order valence-electron chi connectivity index (χ2n) is 6.95. The number of nitrogens with one attached hydrogen (secondary N) is 1. The van der Waals surface area contributed by atoms with E-state index in [0.717, 1.165) is 12.0 Å². The van der Waals surface area contributed by atoms with E-state index in [9.17, 15) is 13.2 Å². The molecule has 1 saturated heterocycles. The van der Waals surface area contributed by atoms with Crippen molar-refractivity contribution in [2.75, 3.05) is 6.54 Å². The lowest BCUT2D eigenvalue weighted by Gasteiger charge is -2.23. The van der Waals surface area contributed by atoms with Gasteiger partial charge in [0.15, 0.2) is 0 Å². The Labute approximate surface area is 160 Å². The molecule has 6 nitrogen and oxygen atoms in total. The molecule has 1 aromatic carbocycles. The largest absolute Gasteiger partial charge is 0.467 e. The predicted octanol–water partition coefficient (Wildman–Crippen LogP) is 3.26. The minimum atomic E-state index is -3.71. The monoisotopic (exact) mass is 390 g/mol. The van der Waals surface area contributed by atoms with Crippen LogP contribution in [-0.4, -0.2) is 31.2 Å². The fraction of sp³-hybridized carbons (Fsp3) is 0.450. The molecule has 146 valence electrons. The maximum atomic E-state index is 13.1. The number of carbonyl (C=O) groups excluding carboxylic acids is 1. The van der Waals surface area contributed by atoms with E-state index in [-0.39, 0.29) is 17.3 Å². The van der Waals surface area contributed by atoms with Crippen molar-refractivity contribution < 1.29 is 17.6 Å². The summed E-state index contributed by atoms with van der Waals surface area (Å²) in [5.41, 5.74) is 1.12. The van der Waals surface area contributed by atoms with E-state index in [0.29, 0.717) is 31.1 Å². The molecule has 2 atom stereocenters. The molecule has 2 aromatic rings. The molecule has 0 spiro atoms. The predicted molar refractivity (Wildman–Crippen MR) is 103 cm³/mol. The van der Waals surface area contributed by atoms with Crippen LogP contribution in [0.4, 0.5) is 0 Å². The van der Waals surface area contributed by atoms with Gasteiger partial charge in [-0.2, -0.15) is 4.31 Å². The van der Waals surface area contributed by atoms with Gasteiger partial charge in [-0.15, -0.1) is 0 Å². The van der Waals surface area contributed by atoms with Crippen molar-refractivity contribution in [1.82, 2.24) is 9.62 Å². The van der Waals surface area contributed by atoms with Gasteiger partial charge in [0.2, 0.25) is 15.9 Å². The first-order chi connectivity index (χ1) is 12.9. The summed E-state index contributed by atoms with van der Waals surface area (Å²) >= 11 is 0. The zero-order valence-corrected chi connectivity index (χ0v) is 16.5. The molecule has 0 radical (unpaired) electrons. The zero-order valence-electron chi connectivity index (χ0n) is 15.7. The first-order valence-electron chi connectivity index (χ1n) is 9.35. The number of carbonyl (C=O) groups is 1. The van der Waals surface area contributed by atoms with Gasteiger partial charge in [0.1, 0.15) is 11.8 Å². The van der Waals surface area contributed by atoms with Gasteiger partial charge >= 0.3 is 0 Å². The maximum Gasteiger partial charge on any atom is 0.243 e. The van der Waals surface area contributed by atoms with E-state index in [1.165, 1.54) is 10.6 Å². The number of hydrogen-bond donors (Lipinski definition) is 1. The summed E-state index contributed by atoms with van der Waals surface area (Å²) < 4.78 is 32.6. The number of furan rings is 1. The van der Waals surface area contributed by atoms with Crippen molar-refractivity contribution in [2.24, 2.45) is 0 Å². The Morgan fingerprint density at radius 2 is 2.04 bits per heavy atom. The number of nitrogens with zero attached hydrogens (tertiary/aromatic N) is 1.